The summed E-state index contributed by atoms with van der Waals surface area (Å²) in [6.07, 6.45) is 3.37. The van der Waals surface area contributed by atoms with Crippen molar-refractivity contribution in [3.05, 3.63) is 53.9 Å². The van der Waals surface area contributed by atoms with Crippen LogP contribution < -0.4 is 4.74 Å². The van der Waals surface area contributed by atoms with E-state index in [2.05, 4.69) is 9.98 Å². The number of rotatable bonds is 6. The number of aliphatic hydroxyl groups is 1. The van der Waals surface area contributed by atoms with E-state index in [1.165, 1.54) is 0 Å². The van der Waals surface area contributed by atoms with Crippen molar-refractivity contribution in [3.63, 3.8) is 0 Å². The van der Waals surface area contributed by atoms with E-state index < -0.39 is 0 Å². The summed E-state index contributed by atoms with van der Waals surface area (Å²) in [6.45, 7) is 1.48. The summed E-state index contributed by atoms with van der Waals surface area (Å²) in [4.78, 5) is 27.9. The number of aliphatic imine (C=N–C) groups is 2. The largest absolute Gasteiger partial charge is 0.489 e. The van der Waals surface area contributed by atoms with E-state index in [9.17, 15) is 4.79 Å². The molecule has 0 fully saturated rings. The number of hydrogen-bond acceptors (Lipinski definition) is 7. The molecule has 0 saturated heterocycles. The number of para-hydroxylation sites is 1. The van der Waals surface area contributed by atoms with Gasteiger partial charge < -0.3 is 14.7 Å². The van der Waals surface area contributed by atoms with E-state index in [4.69, 9.17) is 14.8 Å². The van der Waals surface area contributed by atoms with Crippen molar-refractivity contribution in [2.75, 3.05) is 26.3 Å². The van der Waals surface area contributed by atoms with Gasteiger partial charge in [0.1, 0.15) is 29.7 Å². The minimum absolute atomic E-state index is 0.0414. The van der Waals surface area contributed by atoms with Crippen molar-refractivity contribution in [1.82, 2.24) is 9.88 Å². The van der Waals surface area contributed by atoms with Crippen LogP contribution in [0.4, 0.5) is 5.69 Å². The third-order valence-electron chi connectivity index (χ3n) is 4.28. The van der Waals surface area contributed by atoms with Gasteiger partial charge in [-0.15, -0.1) is 0 Å². The third-order valence-corrected chi connectivity index (χ3v) is 4.28. The lowest BCUT2D eigenvalue weighted by atomic mass is 10.1. The summed E-state index contributed by atoms with van der Waals surface area (Å²) in [7, 11) is 0. The van der Waals surface area contributed by atoms with Crippen LogP contribution in [0.2, 0.25) is 0 Å². The van der Waals surface area contributed by atoms with Gasteiger partial charge in [-0.05, 0) is 24.3 Å². The number of carbonyl (C=O) groups is 1. The van der Waals surface area contributed by atoms with Gasteiger partial charge in [-0.1, -0.05) is 6.07 Å². The molecule has 2 aliphatic rings. The lowest BCUT2D eigenvalue weighted by Crippen LogP contribution is -2.38. The lowest BCUT2D eigenvalue weighted by Gasteiger charge is -2.28. The fraction of sp³-hybridized carbons (Fsp3) is 0.263. The first kappa shape index (κ1) is 16.4. The number of nitrogens with zero attached hydrogens (tertiary/aromatic N) is 4. The fourth-order valence-corrected chi connectivity index (χ4v) is 3.12. The molecule has 1 aromatic carbocycles. The summed E-state index contributed by atoms with van der Waals surface area (Å²) in [5.74, 6) is 2.01. The molecule has 0 bridgehead atoms. The Kier molecular flexibility index (Phi) is 4.45. The molecule has 0 spiro atoms. The molecular formula is C19H18N4O3. The normalized spacial score (nSPS) is 15.0. The van der Waals surface area contributed by atoms with Gasteiger partial charge in [0, 0.05) is 30.1 Å². The first-order valence-electron chi connectivity index (χ1n) is 8.48. The molecule has 1 N–H and O–H groups in total. The Labute approximate surface area is 150 Å². The number of amidine groups is 2. The topological polar surface area (TPSA) is 87.4 Å². The number of ketones is 1. The summed E-state index contributed by atoms with van der Waals surface area (Å²) < 4.78 is 5.61. The lowest BCUT2D eigenvalue weighted by molar-refractivity contribution is 0.0998. The Balaban J connectivity index is 1.70. The van der Waals surface area contributed by atoms with Crippen molar-refractivity contribution in [3.8, 4) is 5.75 Å². The summed E-state index contributed by atoms with van der Waals surface area (Å²) >= 11 is 0. The third kappa shape index (κ3) is 2.97. The minimum Gasteiger partial charge on any atom is -0.489 e. The minimum atomic E-state index is -0.0766. The molecule has 4 rings (SSSR count). The Morgan fingerprint density at radius 2 is 2.19 bits per heavy atom. The van der Waals surface area contributed by atoms with Crippen LogP contribution in [0.15, 0.2) is 52.7 Å². The Hall–Kier alpha value is -3.06. The van der Waals surface area contributed by atoms with Crippen molar-refractivity contribution < 1.29 is 14.6 Å². The van der Waals surface area contributed by atoms with Crippen LogP contribution in [0.5, 0.6) is 5.75 Å². The zero-order valence-corrected chi connectivity index (χ0v) is 14.1. The van der Waals surface area contributed by atoms with Crippen LogP contribution >= 0.6 is 0 Å². The molecule has 0 amide bonds. The molecule has 132 valence electrons. The second-order valence-corrected chi connectivity index (χ2v) is 5.95. The van der Waals surface area contributed by atoms with Crippen LogP contribution in [0, 0.1) is 0 Å². The second kappa shape index (κ2) is 7.05. The highest BCUT2D eigenvalue weighted by Crippen LogP contribution is 2.37. The average molecular weight is 350 g/mol. The standard InChI is InChI=1S/C19H18N4O3/c24-9-10-26-16-5-1-4-14-18(16)22-17(23-8-7-21-19(14)23)11-15(25)13-3-2-6-20-12-13/h1-6,12,24H,7-11H2. The van der Waals surface area contributed by atoms with Crippen LogP contribution in [-0.4, -0.2) is 58.7 Å². The van der Waals surface area contributed by atoms with E-state index in [1.54, 1.807) is 24.5 Å². The SMILES string of the molecule is O=C(CC1=Nc2c(OCCO)cccc2C2=NCCN12)c1cccnc1. The molecule has 0 unspecified atom stereocenters. The molecule has 2 aliphatic heterocycles. The number of hydrogen-bond donors (Lipinski definition) is 1. The van der Waals surface area contributed by atoms with Crippen LogP contribution in [0.1, 0.15) is 22.3 Å². The van der Waals surface area contributed by atoms with Crippen molar-refractivity contribution in [2.24, 2.45) is 9.98 Å². The van der Waals surface area contributed by atoms with Gasteiger partial charge in [-0.2, -0.15) is 0 Å². The second-order valence-electron chi connectivity index (χ2n) is 5.95. The van der Waals surface area contributed by atoms with Gasteiger partial charge in [0.15, 0.2) is 5.78 Å². The number of carbonyl (C=O) groups excluding carboxylic acids is 1. The highest BCUT2D eigenvalue weighted by molar-refractivity contribution is 6.21. The van der Waals surface area contributed by atoms with Crippen LogP contribution in [-0.2, 0) is 0 Å². The van der Waals surface area contributed by atoms with Gasteiger partial charge in [0.25, 0.3) is 0 Å². The van der Waals surface area contributed by atoms with Gasteiger partial charge in [0.2, 0.25) is 0 Å². The molecule has 1 aromatic heterocycles. The molecule has 7 nitrogen and oxygen atoms in total. The average Bonchev–Trinajstić information content (AvgIpc) is 3.17. The maximum Gasteiger partial charge on any atom is 0.171 e. The smallest absolute Gasteiger partial charge is 0.171 e. The molecule has 0 aliphatic carbocycles. The van der Waals surface area contributed by atoms with E-state index in [1.807, 2.05) is 23.1 Å². The van der Waals surface area contributed by atoms with Gasteiger partial charge in [0.05, 0.1) is 19.6 Å². The molecule has 3 heterocycles. The molecule has 0 radical (unpaired) electrons. The summed E-state index contributed by atoms with van der Waals surface area (Å²) in [6, 6.07) is 9.13. The number of benzene rings is 1. The van der Waals surface area contributed by atoms with E-state index >= 15 is 0 Å². The van der Waals surface area contributed by atoms with Crippen molar-refractivity contribution in [2.45, 2.75) is 6.42 Å². The van der Waals surface area contributed by atoms with Gasteiger partial charge in [-0.3, -0.25) is 14.8 Å². The van der Waals surface area contributed by atoms with E-state index in [0.29, 0.717) is 35.9 Å². The molecule has 7 heteroatoms. The fourth-order valence-electron chi connectivity index (χ4n) is 3.12. The summed E-state index contributed by atoms with van der Waals surface area (Å²) in [5, 5.41) is 9.04. The molecule has 0 atom stereocenters. The van der Waals surface area contributed by atoms with Crippen LogP contribution in [0.25, 0.3) is 0 Å². The first-order chi connectivity index (χ1) is 12.8. The van der Waals surface area contributed by atoms with E-state index in [-0.39, 0.29) is 25.4 Å². The van der Waals surface area contributed by atoms with Crippen molar-refractivity contribution >= 4 is 23.1 Å². The zero-order valence-electron chi connectivity index (χ0n) is 14.1. The maximum atomic E-state index is 12.6. The monoisotopic (exact) mass is 350 g/mol. The van der Waals surface area contributed by atoms with Crippen molar-refractivity contribution in [1.29, 1.82) is 0 Å². The number of fused-ring (bicyclic) bond motifs is 3. The molecular weight excluding hydrogens is 332 g/mol. The predicted octanol–water partition coefficient (Wildman–Crippen LogP) is 1.83. The van der Waals surface area contributed by atoms with Gasteiger partial charge in [-0.25, -0.2) is 4.99 Å². The number of ether oxygens (including phenoxy) is 1. The quantitative estimate of drug-likeness (QED) is 0.803. The Morgan fingerprint density at radius 3 is 3.00 bits per heavy atom. The Morgan fingerprint density at radius 1 is 1.27 bits per heavy atom. The number of aromatic nitrogens is 1. The maximum absolute atomic E-state index is 12.6. The zero-order chi connectivity index (χ0) is 17.9. The highest BCUT2D eigenvalue weighted by atomic mass is 16.5. The highest BCUT2D eigenvalue weighted by Gasteiger charge is 2.32. The molecule has 26 heavy (non-hydrogen) atoms. The Bertz CT molecular complexity index is 893. The van der Waals surface area contributed by atoms with Crippen LogP contribution in [0.3, 0.4) is 0 Å². The number of pyridine rings is 1. The molecule has 2 aromatic rings. The first-order valence-corrected chi connectivity index (χ1v) is 8.48. The molecule has 0 saturated carbocycles. The number of Topliss-reactive ketones (excluding diaryl/α,β-unsaturated/α-hetero) is 1. The predicted molar refractivity (Wildman–Crippen MR) is 97.4 cm³/mol. The van der Waals surface area contributed by atoms with E-state index in [0.717, 1.165) is 11.4 Å². The number of aliphatic hydroxyl groups excluding tert-OH is 1. The van der Waals surface area contributed by atoms with Gasteiger partial charge >= 0.3 is 0 Å². The summed E-state index contributed by atoms with van der Waals surface area (Å²) in [5.41, 5.74) is 2.10.